The molecule has 0 saturated carbocycles. The maximum Gasteiger partial charge on any atom is 0.190 e. The Morgan fingerprint density at radius 1 is 1.03 bits per heavy atom. The summed E-state index contributed by atoms with van der Waals surface area (Å²) in [5.41, 5.74) is 10.5. The molecular weight excluding hydrogens is 421 g/mol. The van der Waals surface area contributed by atoms with Crippen molar-refractivity contribution in [3.8, 4) is 28.2 Å². The van der Waals surface area contributed by atoms with E-state index < -0.39 is 0 Å². The van der Waals surface area contributed by atoms with Gasteiger partial charge in [-0.15, -0.1) is 5.10 Å². The number of aromatic nitrogens is 5. The summed E-state index contributed by atoms with van der Waals surface area (Å²) in [7, 11) is 4.08. The highest BCUT2D eigenvalue weighted by molar-refractivity contribution is 6.43. The highest BCUT2D eigenvalue weighted by atomic mass is 35.5. The second-order valence-corrected chi connectivity index (χ2v) is 7.86. The van der Waals surface area contributed by atoms with Crippen molar-refractivity contribution in [2.24, 2.45) is 0 Å². The van der Waals surface area contributed by atoms with Gasteiger partial charge in [-0.25, -0.2) is 4.98 Å². The minimum Gasteiger partial charge on any atom is -0.383 e. The number of benzene rings is 2. The largest absolute Gasteiger partial charge is 0.383 e. The van der Waals surface area contributed by atoms with Crippen LogP contribution in [0, 0.1) is 0 Å². The Morgan fingerprint density at radius 3 is 2.53 bits per heavy atom. The first-order valence-electron chi connectivity index (χ1n) is 9.16. The van der Waals surface area contributed by atoms with E-state index in [-0.39, 0.29) is 0 Å². The Labute approximate surface area is 184 Å². The minimum absolute atomic E-state index is 0.317. The molecule has 0 spiro atoms. The molecule has 2 aromatic carbocycles. The molecule has 2 N–H and O–H groups in total. The Kier molecular flexibility index (Phi) is 5.67. The van der Waals surface area contributed by atoms with Crippen LogP contribution in [-0.4, -0.2) is 44.2 Å². The first kappa shape index (κ1) is 20.3. The molecule has 0 aliphatic rings. The van der Waals surface area contributed by atoms with Crippen molar-refractivity contribution < 1.29 is 0 Å². The predicted molar refractivity (Wildman–Crippen MR) is 120 cm³/mol. The topological polar surface area (TPSA) is 85.8 Å². The molecule has 9 heteroatoms. The van der Waals surface area contributed by atoms with E-state index >= 15 is 0 Å². The summed E-state index contributed by atoms with van der Waals surface area (Å²) >= 11 is 12.5. The monoisotopic (exact) mass is 439 g/mol. The highest BCUT2D eigenvalue weighted by Gasteiger charge is 2.18. The number of nitrogens with two attached hydrogens (primary N) is 1. The quantitative estimate of drug-likeness (QED) is 0.497. The lowest BCUT2D eigenvalue weighted by Crippen LogP contribution is -2.10. The highest BCUT2D eigenvalue weighted by Crippen LogP contribution is 2.33. The van der Waals surface area contributed by atoms with Crippen molar-refractivity contribution in [2.45, 2.75) is 6.54 Å². The van der Waals surface area contributed by atoms with Gasteiger partial charge in [0.25, 0.3) is 0 Å². The maximum atomic E-state index is 6.36. The third-order valence-electron chi connectivity index (χ3n) is 4.57. The van der Waals surface area contributed by atoms with Gasteiger partial charge < -0.3 is 10.6 Å². The fourth-order valence-corrected chi connectivity index (χ4v) is 3.53. The number of hydrogen-bond donors (Lipinski definition) is 1. The van der Waals surface area contributed by atoms with Crippen LogP contribution in [0.2, 0.25) is 10.0 Å². The third-order valence-corrected chi connectivity index (χ3v) is 5.38. The Hall–Kier alpha value is -3.00. The molecule has 30 heavy (non-hydrogen) atoms. The van der Waals surface area contributed by atoms with Gasteiger partial charge in [-0.2, -0.15) is 4.68 Å². The standard InChI is InChI=1S/C21H19Cl2N7/c1-29(2)12-13-6-8-14(9-7-13)15-10-16(20(24)25-11-15)21-26-27-28-30(21)18-5-3-4-17(22)19(18)23/h3-11H,12H2,1-2H3,(H2,24,25). The first-order valence-corrected chi connectivity index (χ1v) is 9.92. The molecule has 0 aliphatic heterocycles. The molecule has 0 fully saturated rings. The van der Waals surface area contributed by atoms with Crippen LogP contribution >= 0.6 is 23.2 Å². The lowest BCUT2D eigenvalue weighted by Gasteiger charge is -2.12. The van der Waals surface area contributed by atoms with E-state index in [0.29, 0.717) is 32.9 Å². The zero-order valence-corrected chi connectivity index (χ0v) is 17.9. The number of nitrogen functional groups attached to an aromatic ring is 1. The van der Waals surface area contributed by atoms with Crippen LogP contribution in [0.15, 0.2) is 54.7 Å². The molecule has 4 aromatic rings. The average molecular weight is 440 g/mol. The van der Waals surface area contributed by atoms with E-state index in [0.717, 1.165) is 17.7 Å². The van der Waals surface area contributed by atoms with Crippen LogP contribution in [-0.2, 0) is 6.54 Å². The molecular formula is C21H19Cl2N7. The summed E-state index contributed by atoms with van der Waals surface area (Å²) in [5.74, 6) is 0.743. The number of anilines is 1. The van der Waals surface area contributed by atoms with Crippen molar-refractivity contribution in [1.29, 1.82) is 0 Å². The Morgan fingerprint density at radius 2 is 1.80 bits per heavy atom. The van der Waals surface area contributed by atoms with Crippen LogP contribution in [0.3, 0.4) is 0 Å². The fraction of sp³-hybridized carbons (Fsp3) is 0.143. The SMILES string of the molecule is CN(C)Cc1ccc(-c2cnc(N)c(-c3nnnn3-c3cccc(Cl)c3Cl)c2)cc1. The smallest absolute Gasteiger partial charge is 0.190 e. The summed E-state index contributed by atoms with van der Waals surface area (Å²) in [6.45, 7) is 0.876. The summed E-state index contributed by atoms with van der Waals surface area (Å²) in [4.78, 5) is 6.48. The molecule has 7 nitrogen and oxygen atoms in total. The van der Waals surface area contributed by atoms with Gasteiger partial charge in [0.1, 0.15) is 5.82 Å². The lowest BCUT2D eigenvalue weighted by atomic mass is 10.0. The second-order valence-electron chi connectivity index (χ2n) is 7.08. The van der Waals surface area contributed by atoms with Gasteiger partial charge in [0.15, 0.2) is 5.82 Å². The molecule has 152 valence electrons. The number of tetrazole rings is 1. The Balaban J connectivity index is 1.76. The van der Waals surface area contributed by atoms with Gasteiger partial charge in [-0.1, -0.05) is 53.5 Å². The van der Waals surface area contributed by atoms with E-state index in [9.17, 15) is 0 Å². The molecule has 2 aromatic heterocycles. The normalized spacial score (nSPS) is 11.2. The molecule has 4 rings (SSSR count). The van der Waals surface area contributed by atoms with Crippen LogP contribution in [0.1, 0.15) is 5.56 Å². The fourth-order valence-electron chi connectivity index (χ4n) is 3.15. The number of halogens is 2. The molecule has 0 bridgehead atoms. The van der Waals surface area contributed by atoms with Crippen molar-refractivity contribution in [2.75, 3.05) is 19.8 Å². The maximum absolute atomic E-state index is 6.36. The first-order chi connectivity index (χ1) is 14.4. The Bertz CT molecular complexity index is 1190. The summed E-state index contributed by atoms with van der Waals surface area (Å²) < 4.78 is 1.51. The van der Waals surface area contributed by atoms with Gasteiger partial charge in [0, 0.05) is 18.3 Å². The molecule has 2 heterocycles. The van der Waals surface area contributed by atoms with E-state index in [4.69, 9.17) is 28.9 Å². The van der Waals surface area contributed by atoms with Crippen molar-refractivity contribution >= 4 is 29.0 Å². The van der Waals surface area contributed by atoms with Crippen LogP contribution in [0.25, 0.3) is 28.2 Å². The molecule has 0 unspecified atom stereocenters. The van der Waals surface area contributed by atoms with Crippen molar-refractivity contribution in [1.82, 2.24) is 30.1 Å². The average Bonchev–Trinajstić information content (AvgIpc) is 3.20. The predicted octanol–water partition coefficient (Wildman–Crippen LogP) is 4.34. The van der Waals surface area contributed by atoms with Gasteiger partial charge in [-0.05, 0) is 53.8 Å². The van der Waals surface area contributed by atoms with Gasteiger partial charge in [-0.3, -0.25) is 0 Å². The van der Waals surface area contributed by atoms with E-state index in [1.54, 1.807) is 24.4 Å². The van der Waals surface area contributed by atoms with Gasteiger partial charge in [0.2, 0.25) is 0 Å². The van der Waals surface area contributed by atoms with E-state index in [2.05, 4.69) is 49.7 Å². The third kappa shape index (κ3) is 4.00. The molecule has 0 radical (unpaired) electrons. The zero-order chi connectivity index (χ0) is 21.3. The number of rotatable bonds is 5. The summed E-state index contributed by atoms with van der Waals surface area (Å²) in [6, 6.07) is 15.5. The van der Waals surface area contributed by atoms with Crippen molar-refractivity contribution in [3.05, 3.63) is 70.3 Å². The molecule has 0 aliphatic carbocycles. The minimum atomic E-state index is 0.317. The molecule has 0 amide bonds. The van der Waals surface area contributed by atoms with E-state index in [1.807, 2.05) is 20.2 Å². The number of pyridine rings is 1. The lowest BCUT2D eigenvalue weighted by molar-refractivity contribution is 0.402. The number of hydrogen-bond acceptors (Lipinski definition) is 6. The zero-order valence-electron chi connectivity index (χ0n) is 16.4. The van der Waals surface area contributed by atoms with Gasteiger partial charge in [0.05, 0.1) is 21.3 Å². The van der Waals surface area contributed by atoms with Crippen LogP contribution in [0.5, 0.6) is 0 Å². The summed E-state index contributed by atoms with van der Waals surface area (Å²) in [5, 5.41) is 12.8. The second kappa shape index (κ2) is 8.39. The molecule has 0 atom stereocenters. The number of nitrogens with zero attached hydrogens (tertiary/aromatic N) is 6. The van der Waals surface area contributed by atoms with Crippen LogP contribution in [0.4, 0.5) is 5.82 Å². The van der Waals surface area contributed by atoms with E-state index in [1.165, 1.54) is 10.2 Å². The van der Waals surface area contributed by atoms with Crippen molar-refractivity contribution in [3.63, 3.8) is 0 Å². The van der Waals surface area contributed by atoms with Crippen LogP contribution < -0.4 is 5.73 Å². The molecule has 0 saturated heterocycles. The van der Waals surface area contributed by atoms with Gasteiger partial charge >= 0.3 is 0 Å². The summed E-state index contributed by atoms with van der Waals surface area (Å²) in [6.07, 6.45) is 1.74.